The van der Waals surface area contributed by atoms with Crippen LogP contribution in [0.3, 0.4) is 0 Å². The molecule has 0 aliphatic rings. The second kappa shape index (κ2) is 5.00. The number of nitrogens with one attached hydrogen (secondary N) is 1. The van der Waals surface area contributed by atoms with E-state index >= 15 is 0 Å². The highest BCUT2D eigenvalue weighted by atomic mass is 19.1. The SMILES string of the molecule is CC(NCc1cc(F)c(O)c(F)c1)C(C)(C)C. The maximum absolute atomic E-state index is 13.1. The van der Waals surface area contributed by atoms with Crippen LogP contribution in [0.25, 0.3) is 0 Å². The van der Waals surface area contributed by atoms with E-state index in [-0.39, 0.29) is 11.5 Å². The van der Waals surface area contributed by atoms with Crippen LogP contribution in [0.5, 0.6) is 5.75 Å². The van der Waals surface area contributed by atoms with Crippen LogP contribution >= 0.6 is 0 Å². The van der Waals surface area contributed by atoms with Gasteiger partial charge in [-0.15, -0.1) is 0 Å². The summed E-state index contributed by atoms with van der Waals surface area (Å²) < 4.78 is 26.2. The second-order valence-corrected chi connectivity index (χ2v) is 5.38. The number of aromatic hydroxyl groups is 1. The lowest BCUT2D eigenvalue weighted by atomic mass is 9.88. The Balaban J connectivity index is 2.71. The molecule has 17 heavy (non-hydrogen) atoms. The van der Waals surface area contributed by atoms with E-state index in [0.29, 0.717) is 12.1 Å². The second-order valence-electron chi connectivity index (χ2n) is 5.38. The van der Waals surface area contributed by atoms with Gasteiger partial charge in [-0.3, -0.25) is 0 Å². The lowest BCUT2D eigenvalue weighted by Crippen LogP contribution is -2.37. The fourth-order valence-corrected chi connectivity index (χ4v) is 1.30. The third-order valence-corrected chi connectivity index (χ3v) is 2.99. The van der Waals surface area contributed by atoms with Crippen molar-refractivity contribution in [1.82, 2.24) is 5.32 Å². The van der Waals surface area contributed by atoms with Gasteiger partial charge in [0.2, 0.25) is 0 Å². The summed E-state index contributed by atoms with van der Waals surface area (Å²) in [7, 11) is 0. The van der Waals surface area contributed by atoms with Gasteiger partial charge in [0, 0.05) is 12.6 Å². The average Bonchev–Trinajstić information content (AvgIpc) is 2.20. The Morgan fingerprint density at radius 3 is 2.12 bits per heavy atom. The molecule has 1 aromatic rings. The lowest BCUT2D eigenvalue weighted by Gasteiger charge is -2.28. The highest BCUT2D eigenvalue weighted by molar-refractivity contribution is 5.29. The van der Waals surface area contributed by atoms with Crippen molar-refractivity contribution >= 4 is 0 Å². The quantitative estimate of drug-likeness (QED) is 0.854. The van der Waals surface area contributed by atoms with E-state index in [4.69, 9.17) is 5.11 Å². The number of benzene rings is 1. The normalized spacial score (nSPS) is 13.8. The summed E-state index contributed by atoms with van der Waals surface area (Å²) in [5.41, 5.74) is 0.558. The van der Waals surface area contributed by atoms with Crippen LogP contribution in [0.2, 0.25) is 0 Å². The van der Waals surface area contributed by atoms with Crippen LogP contribution in [0, 0.1) is 17.0 Å². The molecule has 2 N–H and O–H groups in total. The fourth-order valence-electron chi connectivity index (χ4n) is 1.30. The predicted octanol–water partition coefficient (Wildman–Crippen LogP) is 3.19. The number of rotatable bonds is 3. The fraction of sp³-hybridized carbons (Fsp3) is 0.538. The van der Waals surface area contributed by atoms with E-state index in [2.05, 4.69) is 26.1 Å². The third kappa shape index (κ3) is 3.66. The van der Waals surface area contributed by atoms with Crippen LogP contribution in [0.15, 0.2) is 12.1 Å². The first-order valence-electron chi connectivity index (χ1n) is 5.62. The molecule has 0 aliphatic heterocycles. The van der Waals surface area contributed by atoms with Gasteiger partial charge in [-0.1, -0.05) is 20.8 Å². The number of hydrogen-bond donors (Lipinski definition) is 2. The molecule has 0 saturated heterocycles. The summed E-state index contributed by atoms with van der Waals surface area (Å²) in [4.78, 5) is 0. The zero-order valence-electron chi connectivity index (χ0n) is 10.6. The van der Waals surface area contributed by atoms with E-state index in [0.717, 1.165) is 12.1 Å². The van der Waals surface area contributed by atoms with E-state index in [1.807, 2.05) is 6.92 Å². The number of halogens is 2. The smallest absolute Gasteiger partial charge is 0.187 e. The lowest BCUT2D eigenvalue weighted by molar-refractivity contribution is 0.285. The number of hydrogen-bond acceptors (Lipinski definition) is 2. The van der Waals surface area contributed by atoms with Crippen molar-refractivity contribution in [2.24, 2.45) is 5.41 Å². The van der Waals surface area contributed by atoms with Crippen molar-refractivity contribution in [2.75, 3.05) is 0 Å². The van der Waals surface area contributed by atoms with Gasteiger partial charge in [0.05, 0.1) is 0 Å². The predicted molar refractivity (Wildman–Crippen MR) is 63.8 cm³/mol. The Labute approximate surface area is 101 Å². The zero-order chi connectivity index (χ0) is 13.2. The largest absolute Gasteiger partial charge is 0.503 e. The molecule has 2 nitrogen and oxygen atoms in total. The minimum atomic E-state index is -0.926. The molecular formula is C13H19F2NO. The Bertz CT molecular complexity index is 376. The maximum Gasteiger partial charge on any atom is 0.187 e. The zero-order valence-corrected chi connectivity index (χ0v) is 10.6. The summed E-state index contributed by atoms with van der Waals surface area (Å²) in [6.07, 6.45) is 0. The van der Waals surface area contributed by atoms with Crippen LogP contribution in [0.1, 0.15) is 33.3 Å². The van der Waals surface area contributed by atoms with Crippen LogP contribution in [-0.2, 0) is 6.54 Å². The van der Waals surface area contributed by atoms with Gasteiger partial charge >= 0.3 is 0 Å². The molecule has 1 rings (SSSR count). The standard InChI is InChI=1S/C13H19F2NO/c1-8(13(2,3)4)16-7-9-5-10(14)12(17)11(15)6-9/h5-6,8,16-17H,7H2,1-4H3. The van der Waals surface area contributed by atoms with Gasteiger partial charge in [0.25, 0.3) is 0 Å². The van der Waals surface area contributed by atoms with Crippen molar-refractivity contribution < 1.29 is 13.9 Å². The number of phenolic OH excluding ortho intramolecular Hbond substituents is 1. The van der Waals surface area contributed by atoms with Crippen molar-refractivity contribution in [3.05, 3.63) is 29.3 Å². The van der Waals surface area contributed by atoms with Crippen LogP contribution < -0.4 is 5.32 Å². The Morgan fingerprint density at radius 1 is 1.24 bits per heavy atom. The summed E-state index contributed by atoms with van der Waals surface area (Å²) in [6, 6.07) is 2.49. The van der Waals surface area contributed by atoms with Crippen molar-refractivity contribution in [3.63, 3.8) is 0 Å². The molecule has 0 fully saturated rings. The van der Waals surface area contributed by atoms with Gasteiger partial charge in [-0.25, -0.2) is 8.78 Å². The molecule has 0 saturated carbocycles. The minimum Gasteiger partial charge on any atom is -0.503 e. The molecule has 0 radical (unpaired) electrons. The molecule has 1 unspecified atom stereocenters. The van der Waals surface area contributed by atoms with Gasteiger partial charge in [0.15, 0.2) is 17.4 Å². The van der Waals surface area contributed by atoms with E-state index in [1.165, 1.54) is 0 Å². The number of phenols is 1. The van der Waals surface area contributed by atoms with Crippen molar-refractivity contribution in [3.8, 4) is 5.75 Å². The highest BCUT2D eigenvalue weighted by Gasteiger charge is 2.19. The van der Waals surface area contributed by atoms with E-state index < -0.39 is 17.4 Å². The molecule has 0 heterocycles. The Morgan fingerprint density at radius 2 is 1.71 bits per heavy atom. The third-order valence-electron chi connectivity index (χ3n) is 2.99. The molecule has 0 aromatic heterocycles. The monoisotopic (exact) mass is 243 g/mol. The van der Waals surface area contributed by atoms with E-state index in [9.17, 15) is 8.78 Å². The Kier molecular flexibility index (Phi) is 4.09. The maximum atomic E-state index is 13.1. The molecule has 4 heteroatoms. The Hall–Kier alpha value is -1.16. The average molecular weight is 243 g/mol. The molecule has 0 bridgehead atoms. The molecule has 0 spiro atoms. The summed E-state index contributed by atoms with van der Waals surface area (Å²) in [6.45, 7) is 8.65. The van der Waals surface area contributed by atoms with Gasteiger partial charge in [-0.05, 0) is 30.0 Å². The van der Waals surface area contributed by atoms with Gasteiger partial charge in [0.1, 0.15) is 0 Å². The van der Waals surface area contributed by atoms with Crippen LogP contribution in [0.4, 0.5) is 8.78 Å². The highest BCUT2D eigenvalue weighted by Crippen LogP contribution is 2.22. The molecular weight excluding hydrogens is 224 g/mol. The van der Waals surface area contributed by atoms with Crippen LogP contribution in [-0.4, -0.2) is 11.1 Å². The first-order chi connectivity index (χ1) is 7.71. The van der Waals surface area contributed by atoms with Gasteiger partial charge in [-0.2, -0.15) is 0 Å². The van der Waals surface area contributed by atoms with E-state index in [1.54, 1.807) is 0 Å². The topological polar surface area (TPSA) is 32.3 Å². The molecule has 0 amide bonds. The molecule has 0 aliphatic carbocycles. The first kappa shape index (κ1) is 13.9. The summed E-state index contributed by atoms with van der Waals surface area (Å²) >= 11 is 0. The summed E-state index contributed by atoms with van der Waals surface area (Å²) in [5, 5.41) is 12.2. The van der Waals surface area contributed by atoms with Crippen molar-refractivity contribution in [1.29, 1.82) is 0 Å². The molecule has 1 aromatic carbocycles. The minimum absolute atomic E-state index is 0.0774. The first-order valence-corrected chi connectivity index (χ1v) is 5.62. The summed E-state index contributed by atoms with van der Waals surface area (Å²) in [5.74, 6) is -2.77. The molecule has 1 atom stereocenters. The van der Waals surface area contributed by atoms with Gasteiger partial charge < -0.3 is 10.4 Å². The molecule has 96 valence electrons. The van der Waals surface area contributed by atoms with Crippen molar-refractivity contribution in [2.45, 2.75) is 40.3 Å².